The second-order valence-electron chi connectivity index (χ2n) is 4.16. The van der Waals surface area contributed by atoms with Gasteiger partial charge in [0.2, 0.25) is 0 Å². The number of aryl methyl sites for hydroxylation is 2. The highest BCUT2D eigenvalue weighted by atomic mass is 35.5. The van der Waals surface area contributed by atoms with E-state index in [0.29, 0.717) is 6.54 Å². The summed E-state index contributed by atoms with van der Waals surface area (Å²) >= 11 is 0. The van der Waals surface area contributed by atoms with Gasteiger partial charge < -0.3 is 10.4 Å². The fraction of sp³-hybridized carbons (Fsp3) is 0.500. The van der Waals surface area contributed by atoms with E-state index in [4.69, 9.17) is 5.11 Å². The molecule has 19 heavy (non-hydrogen) atoms. The molecule has 0 fully saturated rings. The van der Waals surface area contributed by atoms with Crippen LogP contribution in [0.5, 0.6) is 0 Å². The standard InChI is InChI=1S/C12H19N5O.ClH/c1-3-17-12(10(2)6-15-17)8-13-11-7-14-16(9-11)4-5-18;/h6-7,9,13,18H,3-5,8H2,1-2H3;1H. The van der Waals surface area contributed by atoms with Crippen molar-refractivity contribution in [3.63, 3.8) is 0 Å². The first-order chi connectivity index (χ1) is 8.74. The first-order valence-corrected chi connectivity index (χ1v) is 6.13. The molecule has 0 aliphatic rings. The second kappa shape index (κ2) is 7.16. The zero-order chi connectivity index (χ0) is 13.0. The molecule has 106 valence electrons. The van der Waals surface area contributed by atoms with Crippen molar-refractivity contribution in [3.05, 3.63) is 29.8 Å². The van der Waals surface area contributed by atoms with Crippen molar-refractivity contribution in [3.8, 4) is 0 Å². The van der Waals surface area contributed by atoms with E-state index in [0.717, 1.165) is 18.8 Å². The normalized spacial score (nSPS) is 10.3. The van der Waals surface area contributed by atoms with Crippen molar-refractivity contribution in [1.82, 2.24) is 19.6 Å². The molecule has 0 aromatic carbocycles. The van der Waals surface area contributed by atoms with Crippen LogP contribution in [0.25, 0.3) is 0 Å². The number of nitrogens with zero attached hydrogens (tertiary/aromatic N) is 4. The number of aromatic nitrogens is 4. The summed E-state index contributed by atoms with van der Waals surface area (Å²) < 4.78 is 3.70. The van der Waals surface area contributed by atoms with E-state index >= 15 is 0 Å². The Labute approximate surface area is 118 Å². The average Bonchev–Trinajstić information content (AvgIpc) is 2.94. The van der Waals surface area contributed by atoms with Crippen molar-refractivity contribution in [2.75, 3.05) is 11.9 Å². The molecule has 0 saturated heterocycles. The summed E-state index contributed by atoms with van der Waals surface area (Å²) in [6.07, 6.45) is 5.53. The molecule has 0 unspecified atom stereocenters. The molecule has 0 aliphatic carbocycles. The summed E-state index contributed by atoms with van der Waals surface area (Å²) in [5.74, 6) is 0. The molecule has 2 heterocycles. The molecular formula is C12H20ClN5O. The summed E-state index contributed by atoms with van der Waals surface area (Å²) in [5.41, 5.74) is 3.33. The third kappa shape index (κ3) is 3.71. The monoisotopic (exact) mass is 285 g/mol. The Kier molecular flexibility index (Phi) is 5.85. The summed E-state index contributed by atoms with van der Waals surface area (Å²) in [4.78, 5) is 0. The van der Waals surface area contributed by atoms with Gasteiger partial charge in [-0.1, -0.05) is 0 Å². The maximum Gasteiger partial charge on any atom is 0.0729 e. The predicted octanol–water partition coefficient (Wildman–Crippen LogP) is 1.43. The smallest absolute Gasteiger partial charge is 0.0729 e. The quantitative estimate of drug-likeness (QED) is 0.843. The lowest BCUT2D eigenvalue weighted by Crippen LogP contribution is -2.08. The molecule has 0 spiro atoms. The molecule has 2 rings (SSSR count). The molecule has 2 N–H and O–H groups in total. The zero-order valence-electron chi connectivity index (χ0n) is 11.2. The van der Waals surface area contributed by atoms with Crippen molar-refractivity contribution in [2.24, 2.45) is 0 Å². The third-order valence-electron chi connectivity index (χ3n) is 2.88. The molecule has 0 bridgehead atoms. The average molecular weight is 286 g/mol. The van der Waals surface area contributed by atoms with E-state index in [1.165, 1.54) is 11.3 Å². The van der Waals surface area contributed by atoms with E-state index in [9.17, 15) is 0 Å². The molecule has 0 saturated carbocycles. The Morgan fingerprint density at radius 2 is 2.11 bits per heavy atom. The van der Waals surface area contributed by atoms with Gasteiger partial charge in [-0.25, -0.2) is 0 Å². The largest absolute Gasteiger partial charge is 0.394 e. The van der Waals surface area contributed by atoms with Gasteiger partial charge in [0, 0.05) is 12.7 Å². The number of anilines is 1. The summed E-state index contributed by atoms with van der Waals surface area (Å²) in [6.45, 7) is 6.36. The maximum absolute atomic E-state index is 8.82. The number of nitrogens with one attached hydrogen (secondary N) is 1. The van der Waals surface area contributed by atoms with Crippen LogP contribution in [0.2, 0.25) is 0 Å². The Morgan fingerprint density at radius 3 is 2.79 bits per heavy atom. The second-order valence-corrected chi connectivity index (χ2v) is 4.16. The minimum absolute atomic E-state index is 0. The minimum atomic E-state index is 0. The number of hydrogen-bond acceptors (Lipinski definition) is 4. The van der Waals surface area contributed by atoms with E-state index in [2.05, 4.69) is 29.4 Å². The van der Waals surface area contributed by atoms with Gasteiger partial charge in [-0.05, 0) is 19.4 Å². The Balaban J connectivity index is 0.00000180. The van der Waals surface area contributed by atoms with Crippen LogP contribution in [-0.2, 0) is 19.6 Å². The van der Waals surface area contributed by atoms with Crippen molar-refractivity contribution in [2.45, 2.75) is 33.5 Å². The van der Waals surface area contributed by atoms with E-state index < -0.39 is 0 Å². The minimum Gasteiger partial charge on any atom is -0.394 e. The molecule has 6 nitrogen and oxygen atoms in total. The van der Waals surface area contributed by atoms with Crippen LogP contribution in [0, 0.1) is 6.92 Å². The highest BCUT2D eigenvalue weighted by molar-refractivity contribution is 5.85. The molecule has 0 amide bonds. The first-order valence-electron chi connectivity index (χ1n) is 6.13. The number of halogens is 1. The summed E-state index contributed by atoms with van der Waals surface area (Å²) in [7, 11) is 0. The Bertz CT molecular complexity index is 508. The fourth-order valence-electron chi connectivity index (χ4n) is 1.87. The van der Waals surface area contributed by atoms with Crippen LogP contribution >= 0.6 is 12.4 Å². The van der Waals surface area contributed by atoms with Gasteiger partial charge in [0.25, 0.3) is 0 Å². The number of aliphatic hydroxyl groups is 1. The summed E-state index contributed by atoms with van der Waals surface area (Å²) in [5, 5.41) is 20.6. The lowest BCUT2D eigenvalue weighted by atomic mass is 10.2. The van der Waals surface area contributed by atoms with Crippen LogP contribution < -0.4 is 5.32 Å². The highest BCUT2D eigenvalue weighted by Gasteiger charge is 2.06. The number of rotatable bonds is 6. The van der Waals surface area contributed by atoms with Crippen molar-refractivity contribution >= 4 is 18.1 Å². The van der Waals surface area contributed by atoms with Gasteiger partial charge in [0.15, 0.2) is 0 Å². The molecule has 7 heteroatoms. The van der Waals surface area contributed by atoms with E-state index in [1.807, 2.05) is 17.1 Å². The SMILES string of the molecule is CCn1ncc(C)c1CNc1cnn(CCO)c1.Cl. The molecule has 0 radical (unpaired) electrons. The zero-order valence-corrected chi connectivity index (χ0v) is 12.0. The van der Waals surface area contributed by atoms with E-state index in [-0.39, 0.29) is 19.0 Å². The highest BCUT2D eigenvalue weighted by Crippen LogP contribution is 2.11. The number of aliphatic hydroxyl groups excluding tert-OH is 1. The molecule has 0 atom stereocenters. The maximum atomic E-state index is 8.82. The first kappa shape index (κ1) is 15.5. The van der Waals surface area contributed by atoms with Gasteiger partial charge in [-0.2, -0.15) is 10.2 Å². The molecule has 2 aromatic rings. The van der Waals surface area contributed by atoms with Gasteiger partial charge in [0.05, 0.1) is 43.5 Å². The van der Waals surface area contributed by atoms with Gasteiger partial charge in [-0.3, -0.25) is 9.36 Å². The Hall–Kier alpha value is -1.53. The van der Waals surface area contributed by atoms with E-state index in [1.54, 1.807) is 10.9 Å². The third-order valence-corrected chi connectivity index (χ3v) is 2.88. The topological polar surface area (TPSA) is 67.9 Å². The van der Waals surface area contributed by atoms with Crippen LogP contribution in [0.1, 0.15) is 18.2 Å². The lowest BCUT2D eigenvalue weighted by Gasteiger charge is -2.07. The van der Waals surface area contributed by atoms with Gasteiger partial charge in [0.1, 0.15) is 0 Å². The van der Waals surface area contributed by atoms with Crippen LogP contribution in [-0.4, -0.2) is 31.3 Å². The van der Waals surface area contributed by atoms with Gasteiger partial charge in [-0.15, -0.1) is 12.4 Å². The van der Waals surface area contributed by atoms with Gasteiger partial charge >= 0.3 is 0 Å². The van der Waals surface area contributed by atoms with Crippen LogP contribution in [0.3, 0.4) is 0 Å². The number of hydrogen-bond donors (Lipinski definition) is 2. The Morgan fingerprint density at radius 1 is 1.32 bits per heavy atom. The van der Waals surface area contributed by atoms with Crippen molar-refractivity contribution in [1.29, 1.82) is 0 Å². The predicted molar refractivity (Wildman–Crippen MR) is 76.5 cm³/mol. The van der Waals surface area contributed by atoms with Crippen LogP contribution in [0.4, 0.5) is 5.69 Å². The lowest BCUT2D eigenvalue weighted by molar-refractivity contribution is 0.269. The molecule has 2 aromatic heterocycles. The molecular weight excluding hydrogens is 266 g/mol. The molecule has 0 aliphatic heterocycles. The van der Waals surface area contributed by atoms with Crippen molar-refractivity contribution < 1.29 is 5.11 Å². The van der Waals surface area contributed by atoms with Crippen LogP contribution in [0.15, 0.2) is 18.6 Å². The fourth-order valence-corrected chi connectivity index (χ4v) is 1.87. The summed E-state index contributed by atoms with van der Waals surface area (Å²) in [6, 6.07) is 0.